The van der Waals surface area contributed by atoms with Crippen molar-refractivity contribution in [1.29, 1.82) is 5.26 Å². The number of nitriles is 1. The molecule has 72 valence electrons. The van der Waals surface area contributed by atoms with E-state index in [2.05, 4.69) is 6.58 Å². The fourth-order valence-electron chi connectivity index (χ4n) is 1.69. The lowest BCUT2D eigenvalue weighted by atomic mass is 9.77. The summed E-state index contributed by atoms with van der Waals surface area (Å²) in [7, 11) is 0. The molecule has 0 spiro atoms. The Labute approximate surface area is 74.9 Å². The summed E-state index contributed by atoms with van der Waals surface area (Å²) in [6.45, 7) is 3.51. The molecule has 1 saturated carbocycles. The van der Waals surface area contributed by atoms with Crippen molar-refractivity contribution >= 4 is 0 Å². The molecule has 0 N–H and O–H groups in total. The highest BCUT2D eigenvalue weighted by atomic mass is 19.4. The number of halogens is 3. The normalized spacial score (nSPS) is 29.8. The van der Waals surface area contributed by atoms with Gasteiger partial charge in [0, 0.05) is 0 Å². The Hall–Kier alpha value is -0.980. The Morgan fingerprint density at radius 2 is 2.08 bits per heavy atom. The van der Waals surface area contributed by atoms with E-state index in [1.165, 1.54) is 0 Å². The van der Waals surface area contributed by atoms with E-state index in [1.807, 2.05) is 0 Å². The van der Waals surface area contributed by atoms with Crippen LogP contribution in [0.4, 0.5) is 13.2 Å². The molecule has 1 rings (SSSR count). The first-order chi connectivity index (χ1) is 5.96. The molecule has 0 aromatic carbocycles. The fourth-order valence-corrected chi connectivity index (χ4v) is 1.69. The molecule has 0 amide bonds. The van der Waals surface area contributed by atoms with E-state index >= 15 is 0 Å². The first-order valence-corrected chi connectivity index (χ1v) is 4.11. The van der Waals surface area contributed by atoms with Crippen molar-refractivity contribution in [3.05, 3.63) is 12.2 Å². The van der Waals surface area contributed by atoms with E-state index < -0.39 is 18.0 Å². The Kier molecular flexibility index (Phi) is 2.65. The number of nitrogens with zero attached hydrogens (tertiary/aromatic N) is 1. The van der Waals surface area contributed by atoms with Gasteiger partial charge in [-0.05, 0) is 19.3 Å². The van der Waals surface area contributed by atoms with Gasteiger partial charge in [0.2, 0.25) is 0 Å². The molecule has 2 unspecified atom stereocenters. The molecule has 2 atom stereocenters. The standard InChI is InChI=1S/C9H10F3N/c1-6-3-2-4-8(7(6)5-13)9(10,11)12/h7-8H,1-4H2. The van der Waals surface area contributed by atoms with Crippen molar-refractivity contribution in [3.63, 3.8) is 0 Å². The molecule has 0 saturated heterocycles. The number of hydrogen-bond donors (Lipinski definition) is 0. The average molecular weight is 189 g/mol. The van der Waals surface area contributed by atoms with E-state index in [0.717, 1.165) is 0 Å². The van der Waals surface area contributed by atoms with Crippen molar-refractivity contribution in [3.8, 4) is 6.07 Å². The molecule has 0 aromatic rings. The van der Waals surface area contributed by atoms with Gasteiger partial charge in [0.1, 0.15) is 0 Å². The first kappa shape index (κ1) is 10.1. The van der Waals surface area contributed by atoms with E-state index in [0.29, 0.717) is 18.4 Å². The van der Waals surface area contributed by atoms with Crippen molar-refractivity contribution in [1.82, 2.24) is 0 Å². The number of rotatable bonds is 0. The Morgan fingerprint density at radius 1 is 1.46 bits per heavy atom. The van der Waals surface area contributed by atoms with Crippen LogP contribution in [0.25, 0.3) is 0 Å². The summed E-state index contributed by atoms with van der Waals surface area (Å²) < 4.78 is 37.1. The van der Waals surface area contributed by atoms with Crippen LogP contribution in [0.5, 0.6) is 0 Å². The molecule has 4 heteroatoms. The second kappa shape index (κ2) is 3.41. The summed E-state index contributed by atoms with van der Waals surface area (Å²) in [5, 5.41) is 8.58. The van der Waals surface area contributed by atoms with Crippen LogP contribution in [-0.2, 0) is 0 Å². The van der Waals surface area contributed by atoms with Gasteiger partial charge in [0.15, 0.2) is 0 Å². The molecule has 0 radical (unpaired) electrons. The molecular formula is C9H10F3N. The third-order valence-electron chi connectivity index (χ3n) is 2.41. The van der Waals surface area contributed by atoms with E-state index in [4.69, 9.17) is 5.26 Å². The molecule has 1 aliphatic rings. The summed E-state index contributed by atoms with van der Waals surface area (Å²) in [4.78, 5) is 0. The molecule has 1 fully saturated rings. The lowest BCUT2D eigenvalue weighted by Gasteiger charge is -2.30. The van der Waals surface area contributed by atoms with Crippen LogP contribution < -0.4 is 0 Å². The topological polar surface area (TPSA) is 23.8 Å². The van der Waals surface area contributed by atoms with Crippen molar-refractivity contribution in [2.45, 2.75) is 25.4 Å². The van der Waals surface area contributed by atoms with Gasteiger partial charge in [-0.15, -0.1) is 0 Å². The third kappa shape index (κ3) is 2.03. The second-order valence-corrected chi connectivity index (χ2v) is 3.31. The monoisotopic (exact) mass is 189 g/mol. The highest BCUT2D eigenvalue weighted by Crippen LogP contribution is 2.42. The van der Waals surface area contributed by atoms with Crippen LogP contribution in [0.3, 0.4) is 0 Å². The van der Waals surface area contributed by atoms with Gasteiger partial charge < -0.3 is 0 Å². The van der Waals surface area contributed by atoms with Crippen molar-refractivity contribution in [2.24, 2.45) is 11.8 Å². The second-order valence-electron chi connectivity index (χ2n) is 3.31. The summed E-state index contributed by atoms with van der Waals surface area (Å²) in [6.07, 6.45) is -3.17. The average Bonchev–Trinajstić information content (AvgIpc) is 2.02. The summed E-state index contributed by atoms with van der Waals surface area (Å²) >= 11 is 0. The zero-order valence-electron chi connectivity index (χ0n) is 7.06. The molecule has 1 aliphatic carbocycles. The quantitative estimate of drug-likeness (QED) is 0.537. The van der Waals surface area contributed by atoms with Crippen LogP contribution in [0.15, 0.2) is 12.2 Å². The lowest BCUT2D eigenvalue weighted by Crippen LogP contribution is -2.33. The minimum atomic E-state index is -4.26. The summed E-state index contributed by atoms with van der Waals surface area (Å²) in [6, 6.07) is 1.69. The zero-order valence-corrected chi connectivity index (χ0v) is 7.06. The highest BCUT2D eigenvalue weighted by molar-refractivity contribution is 5.15. The van der Waals surface area contributed by atoms with Crippen molar-refractivity contribution < 1.29 is 13.2 Å². The predicted octanol–water partition coefficient (Wildman–Crippen LogP) is 3.04. The largest absolute Gasteiger partial charge is 0.393 e. The summed E-state index contributed by atoms with van der Waals surface area (Å²) in [5.41, 5.74) is 0.427. The van der Waals surface area contributed by atoms with Crippen molar-refractivity contribution in [2.75, 3.05) is 0 Å². The van der Waals surface area contributed by atoms with Crippen LogP contribution in [0.1, 0.15) is 19.3 Å². The molecule has 0 aromatic heterocycles. The van der Waals surface area contributed by atoms with E-state index in [1.54, 1.807) is 6.07 Å². The van der Waals surface area contributed by atoms with Gasteiger partial charge in [0.25, 0.3) is 0 Å². The highest BCUT2D eigenvalue weighted by Gasteiger charge is 2.46. The molecule has 0 heterocycles. The maximum absolute atomic E-state index is 12.4. The smallest absolute Gasteiger partial charge is 0.198 e. The molecular weight excluding hydrogens is 179 g/mol. The van der Waals surface area contributed by atoms with Crippen LogP contribution in [-0.4, -0.2) is 6.18 Å². The van der Waals surface area contributed by atoms with Crippen LogP contribution >= 0.6 is 0 Å². The third-order valence-corrected chi connectivity index (χ3v) is 2.41. The predicted molar refractivity (Wildman–Crippen MR) is 41.6 cm³/mol. The minimum Gasteiger partial charge on any atom is -0.198 e. The molecule has 0 bridgehead atoms. The number of alkyl halides is 3. The van der Waals surface area contributed by atoms with Gasteiger partial charge in [0.05, 0.1) is 17.9 Å². The summed E-state index contributed by atoms with van der Waals surface area (Å²) in [5.74, 6) is -2.53. The maximum Gasteiger partial charge on any atom is 0.393 e. The SMILES string of the molecule is C=C1CCCC(C(F)(F)F)C1C#N. The Balaban J connectivity index is 2.84. The van der Waals surface area contributed by atoms with E-state index in [-0.39, 0.29) is 6.42 Å². The van der Waals surface area contributed by atoms with Gasteiger partial charge >= 0.3 is 6.18 Å². The number of allylic oxidation sites excluding steroid dienone is 1. The zero-order chi connectivity index (χ0) is 10.1. The fraction of sp³-hybridized carbons (Fsp3) is 0.667. The Morgan fingerprint density at radius 3 is 2.46 bits per heavy atom. The molecule has 13 heavy (non-hydrogen) atoms. The maximum atomic E-state index is 12.4. The van der Waals surface area contributed by atoms with Crippen LogP contribution in [0, 0.1) is 23.2 Å². The Bertz CT molecular complexity index is 249. The van der Waals surface area contributed by atoms with Crippen LogP contribution in [0.2, 0.25) is 0 Å². The van der Waals surface area contributed by atoms with Gasteiger partial charge in [-0.2, -0.15) is 18.4 Å². The van der Waals surface area contributed by atoms with Gasteiger partial charge in [-0.25, -0.2) is 0 Å². The molecule has 0 aliphatic heterocycles. The number of hydrogen-bond acceptors (Lipinski definition) is 1. The lowest BCUT2D eigenvalue weighted by molar-refractivity contribution is -0.185. The van der Waals surface area contributed by atoms with E-state index in [9.17, 15) is 13.2 Å². The first-order valence-electron chi connectivity index (χ1n) is 4.11. The molecule has 1 nitrogen and oxygen atoms in total. The van der Waals surface area contributed by atoms with Gasteiger partial charge in [-0.3, -0.25) is 0 Å². The minimum absolute atomic E-state index is 0.0563. The van der Waals surface area contributed by atoms with Gasteiger partial charge in [-0.1, -0.05) is 12.2 Å².